The van der Waals surface area contributed by atoms with Crippen LogP contribution in [0.1, 0.15) is 50.6 Å². The van der Waals surface area contributed by atoms with Gasteiger partial charge in [0, 0.05) is 30.4 Å². The van der Waals surface area contributed by atoms with Crippen molar-refractivity contribution in [2.24, 2.45) is 4.99 Å². The van der Waals surface area contributed by atoms with E-state index in [0.29, 0.717) is 36.6 Å². The number of amides is 1. The Hall–Kier alpha value is -3.71. The summed E-state index contributed by atoms with van der Waals surface area (Å²) < 4.78 is 30.5. The Balaban J connectivity index is 1.21. The number of rotatable bonds is 4. The quantitative estimate of drug-likeness (QED) is 0.466. The van der Waals surface area contributed by atoms with Gasteiger partial charge in [0.2, 0.25) is 6.67 Å². The van der Waals surface area contributed by atoms with E-state index in [1.807, 2.05) is 7.05 Å². The summed E-state index contributed by atoms with van der Waals surface area (Å²) in [6.45, 7) is 1.59. The lowest BCUT2D eigenvalue weighted by Gasteiger charge is -2.33. The first-order valence-electron chi connectivity index (χ1n) is 13.3. The average molecular weight is 541 g/mol. The molecule has 4 aliphatic rings. The lowest BCUT2D eigenvalue weighted by molar-refractivity contribution is -0.118. The highest BCUT2D eigenvalue weighted by atomic mass is 19.2. The molecule has 1 radical (unpaired) electrons. The Bertz CT molecular complexity index is 1510. The number of halogens is 2. The molecule has 1 saturated heterocycles. The van der Waals surface area contributed by atoms with E-state index < -0.39 is 17.1 Å². The first kappa shape index (κ1) is 25.6. The van der Waals surface area contributed by atoms with Crippen LogP contribution in [0.5, 0.6) is 0 Å². The van der Waals surface area contributed by atoms with Gasteiger partial charge in [-0.1, -0.05) is 9.38 Å². The molecule has 2 aromatic heterocycles. The topological polar surface area (TPSA) is 111 Å². The van der Waals surface area contributed by atoms with Crippen LogP contribution >= 0.6 is 0 Å². The number of pyridine rings is 1. The molecular formula is C26H30F2N8O3+. The van der Waals surface area contributed by atoms with Crippen LogP contribution in [-0.4, -0.2) is 68.7 Å². The zero-order valence-electron chi connectivity index (χ0n) is 21.6. The minimum Gasteiger partial charge on any atom is -0.348 e. The third-order valence-corrected chi connectivity index (χ3v) is 8.09. The van der Waals surface area contributed by atoms with Crippen molar-refractivity contribution in [1.29, 1.82) is 0 Å². The summed E-state index contributed by atoms with van der Waals surface area (Å²) in [5, 5.41) is 3.58. The number of nitrogens with zero attached hydrogens (tertiary/aromatic N) is 7. The zero-order valence-corrected chi connectivity index (χ0v) is 21.6. The van der Waals surface area contributed by atoms with Gasteiger partial charge in [0.05, 0.1) is 11.6 Å². The number of aliphatic imine (C=N–C) groups is 1. The van der Waals surface area contributed by atoms with Crippen LogP contribution in [0.3, 0.4) is 0 Å². The molecule has 1 amide bonds. The fourth-order valence-corrected chi connectivity index (χ4v) is 5.97. The van der Waals surface area contributed by atoms with E-state index in [1.54, 1.807) is 9.47 Å². The van der Waals surface area contributed by atoms with Crippen LogP contribution in [0, 0.1) is 5.82 Å². The minimum absolute atomic E-state index is 0.0355. The van der Waals surface area contributed by atoms with E-state index in [2.05, 4.69) is 20.2 Å². The maximum Gasteiger partial charge on any atom is 0.333 e. The van der Waals surface area contributed by atoms with Gasteiger partial charge in [-0.3, -0.25) is 18.7 Å². The van der Waals surface area contributed by atoms with Crippen molar-refractivity contribution in [2.75, 3.05) is 26.8 Å². The highest BCUT2D eigenvalue weighted by molar-refractivity contribution is 6.05. The summed E-state index contributed by atoms with van der Waals surface area (Å²) in [6, 6.07) is 0.507. The average Bonchev–Trinajstić information content (AvgIpc) is 3.35. The molecule has 2 aromatic rings. The molecule has 0 spiro atoms. The largest absolute Gasteiger partial charge is 0.348 e. The number of hydrogen-bond acceptors (Lipinski definition) is 8. The van der Waals surface area contributed by atoms with Crippen LogP contribution < -0.4 is 21.5 Å². The highest BCUT2D eigenvalue weighted by Crippen LogP contribution is 2.29. The zero-order chi connectivity index (χ0) is 27.3. The van der Waals surface area contributed by atoms with Crippen molar-refractivity contribution >= 4 is 22.8 Å². The summed E-state index contributed by atoms with van der Waals surface area (Å²) in [5.74, 6) is -0.477. The van der Waals surface area contributed by atoms with E-state index in [9.17, 15) is 23.3 Å². The number of piperidine rings is 1. The van der Waals surface area contributed by atoms with Crippen LogP contribution in [0.15, 0.2) is 51.0 Å². The minimum atomic E-state index is -0.623. The monoisotopic (exact) mass is 540 g/mol. The van der Waals surface area contributed by atoms with Gasteiger partial charge >= 0.3 is 5.69 Å². The van der Waals surface area contributed by atoms with Crippen LogP contribution in [-0.2, 0) is 4.79 Å². The first-order valence-corrected chi connectivity index (χ1v) is 13.3. The van der Waals surface area contributed by atoms with Gasteiger partial charge in [-0.25, -0.2) is 14.2 Å². The number of likely N-dealkylation sites (tertiary alicyclic amines) is 1. The number of hydrogen-bond donors (Lipinski definition) is 1. The second-order valence-corrected chi connectivity index (χ2v) is 10.7. The Morgan fingerprint density at radius 1 is 1.08 bits per heavy atom. The van der Waals surface area contributed by atoms with Crippen molar-refractivity contribution in [2.45, 2.75) is 56.7 Å². The van der Waals surface area contributed by atoms with E-state index in [0.717, 1.165) is 32.1 Å². The van der Waals surface area contributed by atoms with Crippen molar-refractivity contribution in [3.8, 4) is 0 Å². The van der Waals surface area contributed by atoms with E-state index in [4.69, 9.17) is 0 Å². The SMILES string of the molecule is CN1CCC(n2c(=O)n(C3CCC(NC(=O)C4=C[N+]5CN(F)C=CC5=N4)CC3)c(=O)c3cc(F)cnc32)CC1. The number of carbonyl (C=O) groups is 1. The molecule has 0 atom stereocenters. The predicted molar refractivity (Wildman–Crippen MR) is 140 cm³/mol. The maximum absolute atomic E-state index is 14.1. The summed E-state index contributed by atoms with van der Waals surface area (Å²) in [5.41, 5.74) is -0.510. The van der Waals surface area contributed by atoms with E-state index in [1.165, 1.54) is 29.1 Å². The van der Waals surface area contributed by atoms with Gasteiger partial charge < -0.3 is 10.2 Å². The Labute approximate surface area is 222 Å². The van der Waals surface area contributed by atoms with Crippen LogP contribution in [0.25, 0.3) is 11.0 Å². The molecule has 11 nitrogen and oxygen atoms in total. The van der Waals surface area contributed by atoms with Crippen LogP contribution in [0.4, 0.5) is 8.87 Å². The molecule has 5 heterocycles. The number of nitrogens with one attached hydrogen (secondary N) is 1. The molecule has 1 N–H and O–H groups in total. The molecule has 39 heavy (non-hydrogen) atoms. The Morgan fingerprint density at radius 2 is 1.79 bits per heavy atom. The van der Waals surface area contributed by atoms with Gasteiger partial charge in [0.1, 0.15) is 11.5 Å². The van der Waals surface area contributed by atoms with E-state index >= 15 is 0 Å². The fourth-order valence-electron chi connectivity index (χ4n) is 5.97. The maximum atomic E-state index is 14.1. The smallest absolute Gasteiger partial charge is 0.333 e. The lowest BCUT2D eigenvalue weighted by atomic mass is 9.90. The molecule has 1 aliphatic carbocycles. The van der Waals surface area contributed by atoms with Gasteiger partial charge in [-0.05, 0) is 64.7 Å². The number of fused-ring (bicyclic) bond motifs is 2. The molecule has 1 saturated carbocycles. The molecule has 0 unspecified atom stereocenters. The summed E-state index contributed by atoms with van der Waals surface area (Å²) in [6.07, 6.45) is 8.89. The molecule has 205 valence electrons. The number of aromatic nitrogens is 3. The molecule has 0 bridgehead atoms. The second-order valence-electron chi connectivity index (χ2n) is 10.7. The fraction of sp³-hybridized carbons (Fsp3) is 0.500. The third kappa shape index (κ3) is 4.80. The molecule has 13 heteroatoms. The lowest BCUT2D eigenvalue weighted by Crippen LogP contribution is -2.47. The molecule has 2 fully saturated rings. The van der Waals surface area contributed by atoms with Gasteiger partial charge in [0.25, 0.3) is 17.3 Å². The predicted octanol–water partition coefficient (Wildman–Crippen LogP) is 1.63. The normalized spacial score (nSPS) is 24.5. The summed E-state index contributed by atoms with van der Waals surface area (Å²) in [7, 11) is 2.03. The Kier molecular flexibility index (Phi) is 6.63. The molecular weight excluding hydrogens is 510 g/mol. The first-order chi connectivity index (χ1) is 18.8. The number of carbonyl (C=O) groups excluding carboxylic acids is 1. The summed E-state index contributed by atoms with van der Waals surface area (Å²) >= 11 is 0. The van der Waals surface area contributed by atoms with Gasteiger partial charge in [-0.2, -0.15) is 10.1 Å². The van der Waals surface area contributed by atoms with Crippen molar-refractivity contribution < 1.29 is 13.7 Å². The molecule has 3 aliphatic heterocycles. The third-order valence-electron chi connectivity index (χ3n) is 8.09. The van der Waals surface area contributed by atoms with Crippen molar-refractivity contribution in [1.82, 2.24) is 34.4 Å². The van der Waals surface area contributed by atoms with Gasteiger partial charge in [0.15, 0.2) is 11.9 Å². The van der Waals surface area contributed by atoms with Crippen LogP contribution in [0.2, 0.25) is 0 Å². The Morgan fingerprint density at radius 3 is 2.54 bits per heavy atom. The highest BCUT2D eigenvalue weighted by Gasteiger charge is 2.36. The molecule has 0 aromatic carbocycles. The summed E-state index contributed by atoms with van der Waals surface area (Å²) in [4.78, 5) is 52.3. The van der Waals surface area contributed by atoms with E-state index in [-0.39, 0.29) is 47.4 Å². The van der Waals surface area contributed by atoms with Crippen molar-refractivity contribution in [3.63, 3.8) is 0 Å². The van der Waals surface area contributed by atoms with Gasteiger partial charge in [-0.15, -0.1) is 0 Å². The molecule has 6 rings (SSSR count). The standard InChI is InChI=1S/C26H30F2N8O3/c1-32-9-6-19(7-10-32)35-23-20(12-16(27)13-29-23)25(38)36(26(35)39)18-4-2-17(3-5-18)30-24(37)21-14-33-15-34(28)11-8-22(33)31-21/h8,11-14,17-19H,2-7,9-10,15H2,1H3,(H,30,37)/q+1. The number of amidine groups is 1. The van der Waals surface area contributed by atoms with Crippen molar-refractivity contribution in [3.05, 3.63) is 63.1 Å². The second kappa shape index (κ2) is 10.1.